The Labute approximate surface area is 114 Å². The Bertz CT molecular complexity index is 304. The molecule has 5 heteroatoms. The van der Waals surface area contributed by atoms with E-state index in [-0.39, 0.29) is 31.3 Å². The van der Waals surface area contributed by atoms with Crippen LogP contribution in [0.25, 0.3) is 0 Å². The molecule has 0 fully saturated rings. The molecular formula is C14H24O5. The van der Waals surface area contributed by atoms with Gasteiger partial charge in [-0.1, -0.05) is 13.8 Å². The Hall–Kier alpha value is -1.39. The molecule has 0 aliphatic heterocycles. The van der Waals surface area contributed by atoms with Crippen LogP contribution in [-0.4, -0.2) is 30.9 Å². The van der Waals surface area contributed by atoms with Crippen molar-refractivity contribution in [3.63, 3.8) is 0 Å². The molecule has 19 heavy (non-hydrogen) atoms. The molecule has 0 saturated heterocycles. The monoisotopic (exact) mass is 272 g/mol. The van der Waals surface area contributed by atoms with E-state index in [1.165, 1.54) is 6.92 Å². The van der Waals surface area contributed by atoms with Crippen LogP contribution in [0.5, 0.6) is 0 Å². The molecule has 0 aliphatic rings. The number of carbonyl (C=O) groups excluding carboxylic acids is 3. The van der Waals surface area contributed by atoms with Gasteiger partial charge in [0, 0.05) is 6.42 Å². The van der Waals surface area contributed by atoms with Crippen LogP contribution in [-0.2, 0) is 23.9 Å². The van der Waals surface area contributed by atoms with E-state index in [1.807, 2.05) is 13.8 Å². The van der Waals surface area contributed by atoms with Crippen molar-refractivity contribution in [2.45, 2.75) is 41.0 Å². The van der Waals surface area contributed by atoms with Crippen molar-refractivity contribution in [1.82, 2.24) is 0 Å². The zero-order valence-electron chi connectivity index (χ0n) is 12.4. The molecule has 110 valence electrons. The summed E-state index contributed by atoms with van der Waals surface area (Å²) in [5.41, 5.74) is 0. The third-order valence-electron chi connectivity index (χ3n) is 2.89. The van der Waals surface area contributed by atoms with Crippen molar-refractivity contribution in [3.8, 4) is 0 Å². The van der Waals surface area contributed by atoms with Gasteiger partial charge >= 0.3 is 11.9 Å². The lowest BCUT2D eigenvalue weighted by atomic mass is 9.80. The molecule has 5 nitrogen and oxygen atoms in total. The van der Waals surface area contributed by atoms with Crippen molar-refractivity contribution in [2.24, 2.45) is 17.8 Å². The summed E-state index contributed by atoms with van der Waals surface area (Å²) in [7, 11) is 0. The summed E-state index contributed by atoms with van der Waals surface area (Å²) in [5.74, 6) is -2.69. The molecule has 0 aromatic carbocycles. The molecular weight excluding hydrogens is 248 g/mol. The SMILES string of the molecule is CCOC(=O)C(C(=O)OCC)[C@H](CC(C)=O)C(C)C. The van der Waals surface area contributed by atoms with Gasteiger partial charge in [0.15, 0.2) is 5.92 Å². The van der Waals surface area contributed by atoms with Gasteiger partial charge < -0.3 is 14.3 Å². The van der Waals surface area contributed by atoms with Gasteiger partial charge in [-0.2, -0.15) is 0 Å². The minimum absolute atomic E-state index is 0.00251. The van der Waals surface area contributed by atoms with E-state index >= 15 is 0 Å². The molecule has 0 spiro atoms. The van der Waals surface area contributed by atoms with Crippen LogP contribution in [0.1, 0.15) is 41.0 Å². The highest BCUT2D eigenvalue weighted by Gasteiger charge is 2.39. The van der Waals surface area contributed by atoms with Crippen molar-refractivity contribution in [1.29, 1.82) is 0 Å². The maximum atomic E-state index is 12.0. The Morgan fingerprint density at radius 2 is 1.37 bits per heavy atom. The van der Waals surface area contributed by atoms with Gasteiger partial charge in [0.25, 0.3) is 0 Å². The first-order valence-corrected chi connectivity index (χ1v) is 6.67. The Morgan fingerprint density at radius 1 is 0.947 bits per heavy atom. The molecule has 0 aromatic heterocycles. The van der Waals surface area contributed by atoms with E-state index in [2.05, 4.69) is 0 Å². The number of ether oxygens (including phenoxy) is 2. The van der Waals surface area contributed by atoms with Gasteiger partial charge in [-0.05, 0) is 32.6 Å². The third kappa shape index (κ3) is 5.85. The Morgan fingerprint density at radius 3 is 1.63 bits per heavy atom. The fourth-order valence-corrected chi connectivity index (χ4v) is 1.98. The number of ketones is 1. The second-order valence-corrected chi connectivity index (χ2v) is 4.80. The summed E-state index contributed by atoms with van der Waals surface area (Å²) in [6.45, 7) is 8.94. The normalized spacial score (nSPS) is 12.4. The van der Waals surface area contributed by atoms with E-state index in [0.29, 0.717) is 0 Å². The zero-order chi connectivity index (χ0) is 15.0. The lowest BCUT2D eigenvalue weighted by molar-refractivity contribution is -0.165. The molecule has 0 amide bonds. The summed E-state index contributed by atoms with van der Waals surface area (Å²) in [4.78, 5) is 35.2. The standard InChI is InChI=1S/C14H24O5/c1-6-18-13(16)12(14(17)19-7-2)11(9(3)4)8-10(5)15/h9,11-12H,6-8H2,1-5H3/t11-/m1/s1. The summed E-state index contributed by atoms with van der Waals surface area (Å²) in [6.07, 6.45) is 0.167. The first-order valence-electron chi connectivity index (χ1n) is 6.67. The smallest absolute Gasteiger partial charge is 0.320 e. The molecule has 0 radical (unpaired) electrons. The molecule has 0 unspecified atom stereocenters. The van der Waals surface area contributed by atoms with Crippen molar-refractivity contribution >= 4 is 17.7 Å². The van der Waals surface area contributed by atoms with E-state index < -0.39 is 23.8 Å². The van der Waals surface area contributed by atoms with Gasteiger partial charge in [-0.25, -0.2) is 0 Å². The summed E-state index contributed by atoms with van der Waals surface area (Å²) < 4.78 is 9.87. The summed E-state index contributed by atoms with van der Waals surface area (Å²) >= 11 is 0. The zero-order valence-corrected chi connectivity index (χ0v) is 12.4. The van der Waals surface area contributed by atoms with E-state index in [1.54, 1.807) is 13.8 Å². The first kappa shape index (κ1) is 17.6. The summed E-state index contributed by atoms with van der Waals surface area (Å²) in [5, 5.41) is 0. The van der Waals surface area contributed by atoms with Crippen LogP contribution in [0.15, 0.2) is 0 Å². The second-order valence-electron chi connectivity index (χ2n) is 4.80. The van der Waals surface area contributed by atoms with Gasteiger partial charge in [0.2, 0.25) is 0 Å². The minimum atomic E-state index is -1.02. The second kappa shape index (κ2) is 8.67. The maximum Gasteiger partial charge on any atom is 0.320 e. The molecule has 1 atom stereocenters. The molecule has 0 heterocycles. The summed E-state index contributed by atoms with van der Waals surface area (Å²) in [6, 6.07) is 0. The molecule has 0 saturated carbocycles. The van der Waals surface area contributed by atoms with Gasteiger partial charge in [0.1, 0.15) is 5.78 Å². The highest BCUT2D eigenvalue weighted by Crippen LogP contribution is 2.27. The highest BCUT2D eigenvalue weighted by atomic mass is 16.6. The average Bonchev–Trinajstić information content (AvgIpc) is 2.28. The number of rotatable bonds is 8. The van der Waals surface area contributed by atoms with E-state index in [9.17, 15) is 14.4 Å². The van der Waals surface area contributed by atoms with Crippen molar-refractivity contribution in [3.05, 3.63) is 0 Å². The number of carbonyl (C=O) groups is 3. The van der Waals surface area contributed by atoms with Crippen LogP contribution in [0, 0.1) is 17.8 Å². The lowest BCUT2D eigenvalue weighted by Gasteiger charge is -2.26. The number of Topliss-reactive ketones (excluding diaryl/α,β-unsaturated/α-hetero) is 1. The predicted octanol–water partition coefficient (Wildman–Crippen LogP) is 1.98. The minimum Gasteiger partial charge on any atom is -0.465 e. The average molecular weight is 272 g/mol. The van der Waals surface area contributed by atoms with Crippen LogP contribution < -0.4 is 0 Å². The first-order chi connectivity index (χ1) is 8.84. The molecule has 0 N–H and O–H groups in total. The highest BCUT2D eigenvalue weighted by molar-refractivity contribution is 5.96. The fourth-order valence-electron chi connectivity index (χ4n) is 1.98. The largest absolute Gasteiger partial charge is 0.465 e. The topological polar surface area (TPSA) is 69.7 Å². The Balaban J connectivity index is 5.19. The van der Waals surface area contributed by atoms with Crippen molar-refractivity contribution < 1.29 is 23.9 Å². The van der Waals surface area contributed by atoms with Gasteiger partial charge in [0.05, 0.1) is 13.2 Å². The van der Waals surface area contributed by atoms with Crippen LogP contribution in [0.2, 0.25) is 0 Å². The number of hydrogen-bond donors (Lipinski definition) is 0. The molecule has 0 aliphatic carbocycles. The van der Waals surface area contributed by atoms with Crippen LogP contribution in [0.3, 0.4) is 0 Å². The number of esters is 2. The van der Waals surface area contributed by atoms with Gasteiger partial charge in [-0.15, -0.1) is 0 Å². The van der Waals surface area contributed by atoms with Crippen LogP contribution in [0.4, 0.5) is 0 Å². The third-order valence-corrected chi connectivity index (χ3v) is 2.89. The quantitative estimate of drug-likeness (QED) is 0.499. The Kier molecular flexibility index (Phi) is 8.03. The van der Waals surface area contributed by atoms with E-state index in [4.69, 9.17) is 9.47 Å². The van der Waals surface area contributed by atoms with Crippen molar-refractivity contribution in [2.75, 3.05) is 13.2 Å². The molecule has 0 bridgehead atoms. The maximum absolute atomic E-state index is 12.0. The van der Waals surface area contributed by atoms with E-state index in [0.717, 1.165) is 0 Å². The number of hydrogen-bond acceptors (Lipinski definition) is 5. The predicted molar refractivity (Wildman–Crippen MR) is 70.4 cm³/mol. The molecule has 0 aromatic rings. The van der Waals surface area contributed by atoms with Crippen LogP contribution >= 0.6 is 0 Å². The van der Waals surface area contributed by atoms with Gasteiger partial charge in [-0.3, -0.25) is 9.59 Å². The fraction of sp³-hybridized carbons (Fsp3) is 0.786. The lowest BCUT2D eigenvalue weighted by Crippen LogP contribution is -2.37. The molecule has 0 rings (SSSR count).